The summed E-state index contributed by atoms with van der Waals surface area (Å²) < 4.78 is 0. The quantitative estimate of drug-likeness (QED) is 0.523. The van der Waals surface area contributed by atoms with E-state index in [0.717, 1.165) is 12.0 Å². The van der Waals surface area contributed by atoms with E-state index in [2.05, 4.69) is 17.5 Å². The van der Waals surface area contributed by atoms with Crippen LogP contribution in [-0.4, -0.2) is 17.0 Å². The van der Waals surface area contributed by atoms with Gasteiger partial charge in [-0.1, -0.05) is 43.3 Å². The van der Waals surface area contributed by atoms with Gasteiger partial charge in [0.25, 0.3) is 11.6 Å². The number of carbonyl (C=O) groups excluding carboxylic acids is 1. The van der Waals surface area contributed by atoms with Gasteiger partial charge < -0.3 is 0 Å². The molecule has 0 bridgehead atoms. The minimum atomic E-state index is -0.617. The zero-order valence-electron chi connectivity index (χ0n) is 12.0. The van der Waals surface area contributed by atoms with Crippen molar-refractivity contribution in [2.45, 2.75) is 13.3 Å². The minimum Gasteiger partial charge on any atom is -0.267 e. The monoisotopic (exact) mass is 297 g/mol. The van der Waals surface area contributed by atoms with Crippen LogP contribution in [0.25, 0.3) is 0 Å². The molecule has 0 saturated carbocycles. The summed E-state index contributed by atoms with van der Waals surface area (Å²) in [4.78, 5) is 22.2. The van der Waals surface area contributed by atoms with Gasteiger partial charge in [-0.3, -0.25) is 14.9 Å². The van der Waals surface area contributed by atoms with E-state index in [1.807, 2.05) is 24.3 Å². The number of para-hydroxylation sites is 1. The third-order valence-electron chi connectivity index (χ3n) is 3.11. The number of nitrogens with one attached hydrogen (secondary N) is 1. The van der Waals surface area contributed by atoms with Crippen molar-refractivity contribution >= 4 is 17.8 Å². The summed E-state index contributed by atoms with van der Waals surface area (Å²) in [5, 5.41) is 14.7. The Kier molecular flexibility index (Phi) is 4.98. The molecule has 1 N–H and O–H groups in total. The van der Waals surface area contributed by atoms with Gasteiger partial charge in [-0.25, -0.2) is 5.43 Å². The molecule has 2 aromatic carbocycles. The molecular formula is C16H15N3O3. The predicted molar refractivity (Wildman–Crippen MR) is 84.0 cm³/mol. The van der Waals surface area contributed by atoms with Crippen LogP contribution in [0.15, 0.2) is 53.6 Å². The van der Waals surface area contributed by atoms with Crippen molar-refractivity contribution in [1.29, 1.82) is 0 Å². The van der Waals surface area contributed by atoms with E-state index >= 15 is 0 Å². The number of hydrogen-bond donors (Lipinski definition) is 1. The fourth-order valence-electron chi connectivity index (χ4n) is 1.89. The van der Waals surface area contributed by atoms with Crippen molar-refractivity contribution in [3.8, 4) is 0 Å². The summed E-state index contributed by atoms with van der Waals surface area (Å²) in [6, 6.07) is 13.5. The van der Waals surface area contributed by atoms with Crippen LogP contribution < -0.4 is 5.43 Å². The van der Waals surface area contributed by atoms with Crippen molar-refractivity contribution in [1.82, 2.24) is 5.43 Å². The SMILES string of the molecule is CCc1ccc(C=NNC(=O)c2ccccc2[N+](=O)[O-])cc1. The summed E-state index contributed by atoms with van der Waals surface area (Å²) in [5.74, 6) is -0.617. The van der Waals surface area contributed by atoms with Crippen LogP contribution in [0.5, 0.6) is 0 Å². The van der Waals surface area contributed by atoms with Crippen molar-refractivity contribution in [3.63, 3.8) is 0 Å². The molecular weight excluding hydrogens is 282 g/mol. The van der Waals surface area contributed by atoms with Gasteiger partial charge >= 0.3 is 0 Å². The van der Waals surface area contributed by atoms with Crippen molar-refractivity contribution in [3.05, 3.63) is 75.3 Å². The lowest BCUT2D eigenvalue weighted by molar-refractivity contribution is -0.385. The van der Waals surface area contributed by atoms with Crippen LogP contribution in [0.4, 0.5) is 5.69 Å². The van der Waals surface area contributed by atoms with Crippen LogP contribution in [0.1, 0.15) is 28.4 Å². The van der Waals surface area contributed by atoms with Crippen LogP contribution in [0.2, 0.25) is 0 Å². The average Bonchev–Trinajstić information content (AvgIpc) is 2.55. The van der Waals surface area contributed by atoms with E-state index in [4.69, 9.17) is 0 Å². The second-order valence-corrected chi connectivity index (χ2v) is 4.57. The van der Waals surface area contributed by atoms with Gasteiger partial charge in [0, 0.05) is 6.07 Å². The molecule has 1 amide bonds. The van der Waals surface area contributed by atoms with Gasteiger partial charge in [-0.15, -0.1) is 0 Å². The van der Waals surface area contributed by atoms with Gasteiger partial charge in [-0.05, 0) is 23.6 Å². The Hall–Kier alpha value is -3.02. The highest BCUT2D eigenvalue weighted by molar-refractivity contribution is 5.98. The lowest BCUT2D eigenvalue weighted by Crippen LogP contribution is -2.18. The lowest BCUT2D eigenvalue weighted by atomic mass is 10.1. The largest absolute Gasteiger partial charge is 0.282 e. The number of aryl methyl sites for hydroxylation is 1. The maximum absolute atomic E-state index is 11.9. The summed E-state index contributed by atoms with van der Waals surface area (Å²) in [6.45, 7) is 2.07. The molecule has 0 atom stereocenters. The molecule has 2 rings (SSSR count). The molecule has 0 heterocycles. The molecule has 0 aliphatic carbocycles. The molecule has 0 radical (unpaired) electrons. The van der Waals surface area contributed by atoms with Gasteiger partial charge in [0.2, 0.25) is 0 Å². The average molecular weight is 297 g/mol. The van der Waals surface area contributed by atoms with E-state index in [9.17, 15) is 14.9 Å². The summed E-state index contributed by atoms with van der Waals surface area (Å²) >= 11 is 0. The zero-order chi connectivity index (χ0) is 15.9. The van der Waals surface area contributed by atoms with Crippen molar-refractivity contribution in [2.75, 3.05) is 0 Å². The second kappa shape index (κ2) is 7.12. The first-order valence-electron chi connectivity index (χ1n) is 6.77. The first kappa shape index (κ1) is 15.4. The van der Waals surface area contributed by atoms with Crippen LogP contribution in [-0.2, 0) is 6.42 Å². The molecule has 0 unspecified atom stereocenters. The van der Waals surface area contributed by atoms with E-state index in [0.29, 0.717) is 0 Å². The molecule has 6 nitrogen and oxygen atoms in total. The van der Waals surface area contributed by atoms with Crippen LogP contribution in [0, 0.1) is 10.1 Å². The Morgan fingerprint density at radius 3 is 2.55 bits per heavy atom. The Bertz CT molecular complexity index is 709. The van der Waals surface area contributed by atoms with E-state index in [-0.39, 0.29) is 11.3 Å². The van der Waals surface area contributed by atoms with Crippen LogP contribution in [0.3, 0.4) is 0 Å². The summed E-state index contributed by atoms with van der Waals surface area (Å²) in [7, 11) is 0. The Labute approximate surface area is 127 Å². The lowest BCUT2D eigenvalue weighted by Gasteiger charge is -2.01. The van der Waals surface area contributed by atoms with E-state index in [1.54, 1.807) is 6.07 Å². The Morgan fingerprint density at radius 2 is 1.91 bits per heavy atom. The normalized spacial score (nSPS) is 10.6. The predicted octanol–water partition coefficient (Wildman–Crippen LogP) is 2.92. The zero-order valence-corrected chi connectivity index (χ0v) is 12.0. The molecule has 0 saturated heterocycles. The number of carbonyl (C=O) groups is 1. The molecule has 0 aromatic heterocycles. The van der Waals surface area contributed by atoms with Gasteiger partial charge in [-0.2, -0.15) is 5.10 Å². The Balaban J connectivity index is 2.06. The molecule has 0 fully saturated rings. The van der Waals surface area contributed by atoms with E-state index < -0.39 is 10.8 Å². The highest BCUT2D eigenvalue weighted by Gasteiger charge is 2.18. The first-order chi connectivity index (χ1) is 10.6. The maximum atomic E-state index is 11.9. The molecule has 6 heteroatoms. The highest BCUT2D eigenvalue weighted by atomic mass is 16.6. The maximum Gasteiger partial charge on any atom is 0.282 e. The molecule has 22 heavy (non-hydrogen) atoms. The number of hydrazone groups is 1. The smallest absolute Gasteiger partial charge is 0.267 e. The third kappa shape index (κ3) is 3.76. The summed E-state index contributed by atoms with van der Waals surface area (Å²) in [5.41, 5.74) is 4.07. The molecule has 2 aromatic rings. The van der Waals surface area contributed by atoms with Crippen molar-refractivity contribution in [2.24, 2.45) is 5.10 Å². The fraction of sp³-hybridized carbons (Fsp3) is 0.125. The van der Waals surface area contributed by atoms with Gasteiger partial charge in [0.15, 0.2) is 0 Å². The fourth-order valence-corrected chi connectivity index (χ4v) is 1.89. The third-order valence-corrected chi connectivity index (χ3v) is 3.11. The number of benzene rings is 2. The number of nitro groups is 1. The van der Waals surface area contributed by atoms with Gasteiger partial charge in [0.1, 0.15) is 5.56 Å². The highest BCUT2D eigenvalue weighted by Crippen LogP contribution is 2.17. The number of nitro benzene ring substituents is 1. The number of hydrogen-bond acceptors (Lipinski definition) is 4. The second-order valence-electron chi connectivity index (χ2n) is 4.57. The summed E-state index contributed by atoms with van der Waals surface area (Å²) in [6.07, 6.45) is 2.44. The van der Waals surface area contributed by atoms with E-state index in [1.165, 1.54) is 30.0 Å². The molecule has 0 spiro atoms. The van der Waals surface area contributed by atoms with Crippen LogP contribution >= 0.6 is 0 Å². The Morgan fingerprint density at radius 1 is 1.23 bits per heavy atom. The topological polar surface area (TPSA) is 84.6 Å². The van der Waals surface area contributed by atoms with Crippen molar-refractivity contribution < 1.29 is 9.72 Å². The number of amides is 1. The minimum absolute atomic E-state index is 0.0222. The van der Waals surface area contributed by atoms with Gasteiger partial charge in [0.05, 0.1) is 11.1 Å². The number of nitrogens with zero attached hydrogens (tertiary/aromatic N) is 2. The first-order valence-corrected chi connectivity index (χ1v) is 6.77. The number of rotatable bonds is 5. The standard InChI is InChI=1S/C16H15N3O3/c1-2-12-7-9-13(10-8-12)11-17-18-16(20)14-5-3-4-6-15(14)19(21)22/h3-11H,2H2,1H3,(H,18,20). The molecule has 112 valence electrons. The molecule has 0 aliphatic heterocycles. The molecule has 0 aliphatic rings.